The minimum atomic E-state index is 0.00925. The Kier molecular flexibility index (Phi) is 3.89. The summed E-state index contributed by atoms with van der Waals surface area (Å²) in [7, 11) is 0. The molecule has 7 nitrogen and oxygen atoms in total. The van der Waals surface area contributed by atoms with E-state index >= 15 is 0 Å². The predicted octanol–water partition coefficient (Wildman–Crippen LogP) is 3.24. The molecule has 0 spiro atoms. The first kappa shape index (κ1) is 16.9. The highest BCUT2D eigenvalue weighted by molar-refractivity contribution is 5.94. The van der Waals surface area contributed by atoms with Crippen molar-refractivity contribution in [1.82, 2.24) is 29.2 Å². The Balaban J connectivity index is 1.45. The molecule has 1 N–H and O–H groups in total. The number of rotatable bonds is 2. The molecule has 7 heteroatoms. The van der Waals surface area contributed by atoms with Crippen LogP contribution in [0, 0.1) is 13.8 Å². The molecule has 1 atom stereocenters. The molecule has 0 aliphatic carbocycles. The molecule has 0 bridgehead atoms. The van der Waals surface area contributed by atoms with Gasteiger partial charge in [-0.15, -0.1) is 0 Å². The number of nitrogens with zero attached hydrogens (tertiary/aromatic N) is 5. The summed E-state index contributed by atoms with van der Waals surface area (Å²) in [4.78, 5) is 32.2. The third kappa shape index (κ3) is 2.66. The quantitative estimate of drug-likeness (QED) is 0.584. The summed E-state index contributed by atoms with van der Waals surface area (Å²) < 4.78 is 1.78. The zero-order chi connectivity index (χ0) is 19.3. The number of amides is 1. The van der Waals surface area contributed by atoms with Gasteiger partial charge in [-0.1, -0.05) is 12.1 Å². The summed E-state index contributed by atoms with van der Waals surface area (Å²) >= 11 is 0. The number of aromatic amines is 1. The number of hydrogen-bond donors (Lipinski definition) is 1. The van der Waals surface area contributed by atoms with Gasteiger partial charge in [0.25, 0.3) is 5.91 Å². The van der Waals surface area contributed by atoms with Crippen molar-refractivity contribution in [3.05, 3.63) is 59.4 Å². The first-order valence-electron chi connectivity index (χ1n) is 9.66. The lowest BCUT2D eigenvalue weighted by Gasteiger charge is -2.31. The van der Waals surface area contributed by atoms with Gasteiger partial charge in [-0.2, -0.15) is 0 Å². The molecule has 1 saturated heterocycles. The second kappa shape index (κ2) is 6.44. The van der Waals surface area contributed by atoms with Gasteiger partial charge in [0.15, 0.2) is 0 Å². The molecule has 1 aliphatic rings. The van der Waals surface area contributed by atoms with Crippen LogP contribution in [0.2, 0.25) is 0 Å². The van der Waals surface area contributed by atoms with Crippen molar-refractivity contribution in [3.8, 4) is 0 Å². The molecule has 142 valence electrons. The molecular weight excluding hydrogens is 352 g/mol. The number of carbonyl (C=O) groups is 1. The van der Waals surface area contributed by atoms with Crippen molar-refractivity contribution < 1.29 is 4.79 Å². The fraction of sp³-hybridized carbons (Fsp3) is 0.333. The van der Waals surface area contributed by atoms with Crippen molar-refractivity contribution >= 4 is 22.7 Å². The molecule has 28 heavy (non-hydrogen) atoms. The zero-order valence-electron chi connectivity index (χ0n) is 16.0. The number of aryl methyl sites for hydroxylation is 2. The van der Waals surface area contributed by atoms with Crippen LogP contribution in [0.5, 0.6) is 0 Å². The minimum absolute atomic E-state index is 0.00925. The van der Waals surface area contributed by atoms with E-state index in [9.17, 15) is 4.79 Å². The third-order valence-electron chi connectivity index (χ3n) is 5.61. The number of likely N-dealkylation sites (tertiary alicyclic amines) is 1. The summed E-state index contributed by atoms with van der Waals surface area (Å²) in [6.07, 6.45) is 5.52. The summed E-state index contributed by atoms with van der Waals surface area (Å²) in [5.74, 6) is 1.75. The summed E-state index contributed by atoms with van der Waals surface area (Å²) in [5, 5.41) is 0. The van der Waals surface area contributed by atoms with Gasteiger partial charge in [-0.3, -0.25) is 9.20 Å². The molecule has 1 amide bonds. The second-order valence-corrected chi connectivity index (χ2v) is 7.52. The molecule has 4 aromatic rings. The smallest absolute Gasteiger partial charge is 0.272 e. The van der Waals surface area contributed by atoms with Gasteiger partial charge >= 0.3 is 0 Å². The molecule has 1 fully saturated rings. The van der Waals surface area contributed by atoms with Crippen LogP contribution in [0.15, 0.2) is 36.7 Å². The van der Waals surface area contributed by atoms with Crippen LogP contribution in [0.1, 0.15) is 46.3 Å². The Morgan fingerprint density at radius 1 is 1.21 bits per heavy atom. The average Bonchev–Trinajstić information content (AvgIpc) is 3.29. The van der Waals surface area contributed by atoms with E-state index in [-0.39, 0.29) is 11.8 Å². The number of H-pyrrole nitrogens is 1. The van der Waals surface area contributed by atoms with Crippen LogP contribution in [-0.2, 0) is 0 Å². The van der Waals surface area contributed by atoms with Crippen LogP contribution in [-0.4, -0.2) is 48.2 Å². The highest BCUT2D eigenvalue weighted by atomic mass is 16.2. The Morgan fingerprint density at radius 3 is 2.96 bits per heavy atom. The van der Waals surface area contributed by atoms with Crippen molar-refractivity contribution in [2.45, 2.75) is 32.6 Å². The maximum atomic E-state index is 13.3. The molecule has 1 aromatic carbocycles. The fourth-order valence-electron chi connectivity index (χ4n) is 4.18. The monoisotopic (exact) mass is 374 g/mol. The van der Waals surface area contributed by atoms with E-state index < -0.39 is 0 Å². The van der Waals surface area contributed by atoms with E-state index in [2.05, 4.69) is 34.0 Å². The molecule has 3 aromatic heterocycles. The number of nitrogens with one attached hydrogen (secondary N) is 1. The lowest BCUT2D eigenvalue weighted by Crippen LogP contribution is -2.40. The summed E-state index contributed by atoms with van der Waals surface area (Å²) in [6, 6.07) is 7.99. The lowest BCUT2D eigenvalue weighted by molar-refractivity contribution is 0.0697. The van der Waals surface area contributed by atoms with Crippen molar-refractivity contribution in [2.24, 2.45) is 0 Å². The van der Waals surface area contributed by atoms with Crippen molar-refractivity contribution in [2.75, 3.05) is 13.1 Å². The van der Waals surface area contributed by atoms with E-state index in [1.807, 2.05) is 30.2 Å². The molecule has 1 aliphatic heterocycles. The first-order valence-corrected chi connectivity index (χ1v) is 9.66. The maximum Gasteiger partial charge on any atom is 0.272 e. The Labute approximate surface area is 162 Å². The van der Waals surface area contributed by atoms with Gasteiger partial charge < -0.3 is 9.88 Å². The van der Waals surface area contributed by atoms with Crippen LogP contribution in [0.4, 0.5) is 0 Å². The second-order valence-electron chi connectivity index (χ2n) is 7.52. The number of hydrogen-bond acceptors (Lipinski definition) is 4. The van der Waals surface area contributed by atoms with Gasteiger partial charge in [0, 0.05) is 31.4 Å². The van der Waals surface area contributed by atoms with Crippen molar-refractivity contribution in [1.29, 1.82) is 0 Å². The molecule has 4 heterocycles. The Morgan fingerprint density at radius 2 is 2.11 bits per heavy atom. The van der Waals surface area contributed by atoms with E-state index in [4.69, 9.17) is 4.98 Å². The largest absolute Gasteiger partial charge is 0.342 e. The Hall–Kier alpha value is -3.22. The first-order chi connectivity index (χ1) is 13.6. The summed E-state index contributed by atoms with van der Waals surface area (Å²) in [5.41, 5.74) is 4.55. The normalized spacial score (nSPS) is 17.5. The highest BCUT2D eigenvalue weighted by Gasteiger charge is 2.30. The SMILES string of the molecule is Cc1nc2ncccn2c1C(=O)N1CCCC(c2nc3c(C)cccc3[nH]2)C1. The van der Waals surface area contributed by atoms with E-state index in [1.54, 1.807) is 10.6 Å². The summed E-state index contributed by atoms with van der Waals surface area (Å²) in [6.45, 7) is 5.35. The Bertz CT molecular complexity index is 1190. The van der Waals surface area contributed by atoms with Gasteiger partial charge in [-0.25, -0.2) is 15.0 Å². The highest BCUT2D eigenvalue weighted by Crippen LogP contribution is 2.28. The van der Waals surface area contributed by atoms with Gasteiger partial charge in [-0.05, 0) is 44.4 Å². The topological polar surface area (TPSA) is 79.2 Å². The number of aromatic nitrogens is 5. The van der Waals surface area contributed by atoms with E-state index in [0.717, 1.165) is 41.8 Å². The molecule has 1 unspecified atom stereocenters. The van der Waals surface area contributed by atoms with E-state index in [1.165, 1.54) is 0 Å². The van der Waals surface area contributed by atoms with Crippen LogP contribution in [0.25, 0.3) is 16.8 Å². The molecule has 0 saturated carbocycles. The number of imidazole rings is 2. The predicted molar refractivity (Wildman–Crippen MR) is 106 cm³/mol. The molecule has 5 rings (SSSR count). The number of carbonyl (C=O) groups excluding carboxylic acids is 1. The standard InChI is InChI=1S/C21H22N6O/c1-13-6-3-8-16-17(13)25-19(24-16)15-7-4-10-26(12-15)20(28)18-14(2)23-21-22-9-5-11-27(18)21/h3,5-6,8-9,11,15H,4,7,10,12H2,1-2H3,(H,24,25). The van der Waals surface area contributed by atoms with Gasteiger partial charge in [0.1, 0.15) is 11.5 Å². The number of benzene rings is 1. The third-order valence-corrected chi connectivity index (χ3v) is 5.61. The molecular formula is C21H22N6O. The number of piperidine rings is 1. The molecule has 0 radical (unpaired) electrons. The average molecular weight is 374 g/mol. The van der Waals surface area contributed by atoms with Crippen molar-refractivity contribution in [3.63, 3.8) is 0 Å². The maximum absolute atomic E-state index is 13.3. The van der Waals surface area contributed by atoms with Gasteiger partial charge in [0.2, 0.25) is 5.78 Å². The number of para-hydroxylation sites is 1. The van der Waals surface area contributed by atoms with Crippen LogP contribution >= 0.6 is 0 Å². The minimum Gasteiger partial charge on any atom is -0.342 e. The van der Waals surface area contributed by atoms with Gasteiger partial charge in [0.05, 0.1) is 16.7 Å². The van der Waals surface area contributed by atoms with Crippen LogP contribution < -0.4 is 0 Å². The number of fused-ring (bicyclic) bond motifs is 2. The fourth-order valence-corrected chi connectivity index (χ4v) is 4.18. The lowest BCUT2D eigenvalue weighted by atomic mass is 9.97. The zero-order valence-corrected chi connectivity index (χ0v) is 16.0. The van der Waals surface area contributed by atoms with Crippen LogP contribution in [0.3, 0.4) is 0 Å². The van der Waals surface area contributed by atoms with E-state index in [0.29, 0.717) is 23.7 Å².